The predicted molar refractivity (Wildman–Crippen MR) is 90.6 cm³/mol. The van der Waals surface area contributed by atoms with Crippen LogP contribution < -0.4 is 0 Å². The van der Waals surface area contributed by atoms with Crippen molar-refractivity contribution in [3.63, 3.8) is 0 Å². The highest BCUT2D eigenvalue weighted by molar-refractivity contribution is 7.17. The first-order valence-electron chi connectivity index (χ1n) is 7.89. The van der Waals surface area contributed by atoms with Crippen LogP contribution in [0.25, 0.3) is 10.6 Å². The second-order valence-corrected chi connectivity index (χ2v) is 7.16. The lowest BCUT2D eigenvalue weighted by Gasteiger charge is -2.33. The molecule has 3 heterocycles. The zero-order valence-electron chi connectivity index (χ0n) is 13.7. The van der Waals surface area contributed by atoms with Gasteiger partial charge in [0.05, 0.1) is 15.8 Å². The summed E-state index contributed by atoms with van der Waals surface area (Å²) in [4.78, 5) is 28.0. The van der Waals surface area contributed by atoms with E-state index in [1.54, 1.807) is 11.8 Å². The first-order valence-corrected chi connectivity index (χ1v) is 8.71. The Hall–Kier alpha value is -1.95. The predicted octanol–water partition coefficient (Wildman–Crippen LogP) is 3.04. The molecule has 0 spiro atoms. The largest absolute Gasteiger partial charge is 0.328 e. The van der Waals surface area contributed by atoms with Crippen molar-refractivity contribution < 1.29 is 9.59 Å². The van der Waals surface area contributed by atoms with Crippen LogP contribution in [0.15, 0.2) is 18.2 Å². The first-order chi connectivity index (χ1) is 11.0. The van der Waals surface area contributed by atoms with Crippen molar-refractivity contribution in [2.75, 3.05) is 6.54 Å². The van der Waals surface area contributed by atoms with Crippen molar-refractivity contribution in [2.24, 2.45) is 7.05 Å². The molecule has 3 rings (SSSR count). The van der Waals surface area contributed by atoms with Crippen LogP contribution in [0.3, 0.4) is 0 Å². The van der Waals surface area contributed by atoms with Crippen LogP contribution in [0.4, 0.5) is 0 Å². The molecule has 6 heteroatoms. The molecule has 122 valence electrons. The Morgan fingerprint density at radius 3 is 2.74 bits per heavy atom. The summed E-state index contributed by atoms with van der Waals surface area (Å²) >= 11 is 1.45. The average Bonchev–Trinajstić information content (AvgIpc) is 3.14. The minimum Gasteiger partial charge on any atom is -0.328 e. The normalized spacial score (nSPS) is 18.2. The third kappa shape index (κ3) is 3.08. The maximum atomic E-state index is 12.8. The van der Waals surface area contributed by atoms with Crippen molar-refractivity contribution in [3.8, 4) is 10.6 Å². The van der Waals surface area contributed by atoms with Crippen molar-refractivity contribution in [3.05, 3.63) is 28.8 Å². The van der Waals surface area contributed by atoms with Crippen LogP contribution in [-0.2, 0) is 11.8 Å². The molecule has 23 heavy (non-hydrogen) atoms. The Bertz CT molecular complexity index is 727. The SMILES string of the molecule is CC(=O)C1CCCCN1C(=O)c1ccc(-c2cc(C)n(C)n2)s1. The van der Waals surface area contributed by atoms with Gasteiger partial charge in [0.1, 0.15) is 5.69 Å². The number of carbonyl (C=O) groups excluding carboxylic acids is 2. The van der Waals surface area contributed by atoms with Crippen LogP contribution in [0.1, 0.15) is 41.6 Å². The van der Waals surface area contributed by atoms with E-state index >= 15 is 0 Å². The highest BCUT2D eigenvalue weighted by Gasteiger charge is 2.31. The summed E-state index contributed by atoms with van der Waals surface area (Å²) in [6, 6.07) is 5.53. The number of nitrogens with zero attached hydrogens (tertiary/aromatic N) is 3. The Labute approximate surface area is 139 Å². The Morgan fingerprint density at radius 1 is 1.30 bits per heavy atom. The lowest BCUT2D eigenvalue weighted by molar-refractivity contribution is -0.122. The molecule has 1 atom stereocenters. The highest BCUT2D eigenvalue weighted by atomic mass is 32.1. The van der Waals surface area contributed by atoms with Crippen molar-refractivity contribution >= 4 is 23.0 Å². The van der Waals surface area contributed by atoms with Crippen LogP contribution in [0.2, 0.25) is 0 Å². The molecule has 0 N–H and O–H groups in total. The Morgan fingerprint density at radius 2 is 2.09 bits per heavy atom. The number of hydrogen-bond acceptors (Lipinski definition) is 4. The lowest BCUT2D eigenvalue weighted by Crippen LogP contribution is -2.47. The van der Waals surface area contributed by atoms with Crippen LogP contribution in [0.5, 0.6) is 0 Å². The van der Waals surface area contributed by atoms with E-state index in [1.807, 2.05) is 36.9 Å². The number of rotatable bonds is 3. The van der Waals surface area contributed by atoms with Crippen molar-refractivity contribution in [2.45, 2.75) is 39.2 Å². The number of likely N-dealkylation sites (tertiary alicyclic amines) is 1. The summed E-state index contributed by atoms with van der Waals surface area (Å²) in [6.45, 7) is 4.24. The van der Waals surface area contributed by atoms with Crippen LogP contribution >= 0.6 is 11.3 Å². The van der Waals surface area contributed by atoms with Gasteiger partial charge in [-0.3, -0.25) is 14.3 Å². The minimum absolute atomic E-state index is 0.0335. The van der Waals surface area contributed by atoms with Gasteiger partial charge < -0.3 is 4.90 Å². The van der Waals surface area contributed by atoms with Crippen molar-refractivity contribution in [1.82, 2.24) is 14.7 Å². The fraction of sp³-hybridized carbons (Fsp3) is 0.471. The van der Waals surface area contributed by atoms with E-state index < -0.39 is 0 Å². The molecular weight excluding hydrogens is 310 g/mol. The summed E-state index contributed by atoms with van der Waals surface area (Å²) in [5.74, 6) is 0.0454. The van der Waals surface area contributed by atoms with Crippen molar-refractivity contribution in [1.29, 1.82) is 0 Å². The Kier molecular flexibility index (Phi) is 4.35. The summed E-state index contributed by atoms with van der Waals surface area (Å²) in [5, 5.41) is 4.46. The number of Topliss-reactive ketones (excluding diaryl/α,β-unsaturated/α-hetero) is 1. The molecule has 1 aliphatic rings. The standard InChI is InChI=1S/C17H21N3O2S/c1-11-10-13(18-19(11)3)15-7-8-16(23-15)17(22)20-9-5-4-6-14(20)12(2)21/h7-8,10,14H,4-6,9H2,1-3H3. The van der Waals surface area contributed by atoms with E-state index in [1.165, 1.54) is 11.3 Å². The van der Waals surface area contributed by atoms with E-state index in [0.29, 0.717) is 11.4 Å². The number of aryl methyl sites for hydroxylation is 2. The average molecular weight is 331 g/mol. The zero-order chi connectivity index (χ0) is 16.6. The number of piperidine rings is 1. The number of carbonyl (C=O) groups is 2. The van der Waals surface area contributed by atoms with Crippen LogP contribution in [-0.4, -0.2) is 39.0 Å². The van der Waals surface area contributed by atoms with E-state index in [4.69, 9.17) is 0 Å². The molecule has 0 bridgehead atoms. The summed E-state index contributed by atoms with van der Waals surface area (Å²) in [5.41, 5.74) is 1.96. The topological polar surface area (TPSA) is 55.2 Å². The molecule has 0 aliphatic carbocycles. The first kappa shape index (κ1) is 15.9. The van der Waals surface area contributed by atoms with Crippen LogP contribution in [0, 0.1) is 6.92 Å². The zero-order valence-corrected chi connectivity index (χ0v) is 14.5. The summed E-state index contributed by atoms with van der Waals surface area (Å²) < 4.78 is 1.83. The molecule has 1 saturated heterocycles. The third-order valence-corrected chi connectivity index (χ3v) is 5.51. The van der Waals surface area contributed by atoms with Gasteiger partial charge in [0.25, 0.3) is 5.91 Å². The van der Waals surface area contributed by atoms with Gasteiger partial charge in [0, 0.05) is 19.3 Å². The molecule has 0 aromatic carbocycles. The van der Waals surface area contributed by atoms with Gasteiger partial charge in [-0.05, 0) is 51.3 Å². The second kappa shape index (κ2) is 6.28. The summed E-state index contributed by atoms with van der Waals surface area (Å²) in [6.07, 6.45) is 2.75. The number of hydrogen-bond donors (Lipinski definition) is 0. The Balaban J connectivity index is 1.84. The molecule has 2 aromatic rings. The fourth-order valence-corrected chi connectivity index (χ4v) is 3.93. The quantitative estimate of drug-likeness (QED) is 0.868. The number of ketones is 1. The molecule has 0 saturated carbocycles. The number of aromatic nitrogens is 2. The molecular formula is C17H21N3O2S. The van der Waals surface area contributed by atoms with E-state index in [2.05, 4.69) is 5.10 Å². The maximum absolute atomic E-state index is 12.8. The molecule has 5 nitrogen and oxygen atoms in total. The fourth-order valence-electron chi connectivity index (χ4n) is 3.01. The maximum Gasteiger partial charge on any atom is 0.264 e. The monoisotopic (exact) mass is 331 g/mol. The number of amides is 1. The second-order valence-electron chi connectivity index (χ2n) is 6.08. The van der Waals surface area contributed by atoms with Gasteiger partial charge in [-0.2, -0.15) is 5.10 Å². The molecule has 0 radical (unpaired) electrons. The number of thiophene rings is 1. The van der Waals surface area contributed by atoms with Gasteiger partial charge in [0.15, 0.2) is 5.78 Å². The molecule has 1 fully saturated rings. The van der Waals surface area contributed by atoms with Gasteiger partial charge in [0.2, 0.25) is 0 Å². The molecule has 1 amide bonds. The van der Waals surface area contributed by atoms with Gasteiger partial charge in [-0.15, -0.1) is 11.3 Å². The molecule has 2 aromatic heterocycles. The lowest BCUT2D eigenvalue weighted by atomic mass is 9.99. The van der Waals surface area contributed by atoms with E-state index in [0.717, 1.165) is 35.5 Å². The molecule has 1 aliphatic heterocycles. The molecule has 1 unspecified atom stereocenters. The highest BCUT2D eigenvalue weighted by Crippen LogP contribution is 2.30. The smallest absolute Gasteiger partial charge is 0.264 e. The van der Waals surface area contributed by atoms with Gasteiger partial charge in [-0.25, -0.2) is 0 Å². The minimum atomic E-state index is -0.265. The summed E-state index contributed by atoms with van der Waals surface area (Å²) in [7, 11) is 1.91. The van der Waals surface area contributed by atoms with E-state index in [-0.39, 0.29) is 17.7 Å². The van der Waals surface area contributed by atoms with Gasteiger partial charge >= 0.3 is 0 Å². The van der Waals surface area contributed by atoms with E-state index in [9.17, 15) is 9.59 Å². The third-order valence-electron chi connectivity index (χ3n) is 4.42. The van der Waals surface area contributed by atoms with Gasteiger partial charge in [-0.1, -0.05) is 0 Å².